The van der Waals surface area contributed by atoms with Gasteiger partial charge in [0.25, 0.3) is 0 Å². The molecule has 0 amide bonds. The van der Waals surface area contributed by atoms with Crippen LogP contribution >= 0.6 is 0 Å². The predicted molar refractivity (Wildman–Crippen MR) is 97.9 cm³/mol. The molecule has 0 aliphatic carbocycles. The molecule has 1 N–H and O–H groups in total. The number of morpholine rings is 1. The summed E-state index contributed by atoms with van der Waals surface area (Å²) in [5.74, 6) is 2.87. The van der Waals surface area contributed by atoms with E-state index in [0.29, 0.717) is 17.8 Å². The molecule has 9 nitrogen and oxygen atoms in total. The molecule has 2 aromatic rings. The van der Waals surface area contributed by atoms with Crippen LogP contribution in [0.1, 0.15) is 6.42 Å². The smallest absolute Gasteiger partial charge is 0.228 e. The molecule has 4 heterocycles. The van der Waals surface area contributed by atoms with Gasteiger partial charge < -0.3 is 24.6 Å². The normalized spacial score (nSPS) is 20.3. The SMILES string of the molecule is COc1ccnc(N2CCC(Nc3nccc(N4CCOCC4)n3)C2)n1. The zero-order chi connectivity index (χ0) is 17.8. The van der Waals surface area contributed by atoms with Crippen molar-refractivity contribution in [2.24, 2.45) is 0 Å². The molecule has 2 aliphatic heterocycles. The van der Waals surface area contributed by atoms with Crippen LogP contribution in [0.5, 0.6) is 5.88 Å². The fraction of sp³-hybridized carbons (Fsp3) is 0.529. The van der Waals surface area contributed by atoms with Crippen LogP contribution < -0.4 is 19.9 Å². The van der Waals surface area contributed by atoms with Crippen LogP contribution in [-0.2, 0) is 4.74 Å². The van der Waals surface area contributed by atoms with Gasteiger partial charge >= 0.3 is 0 Å². The van der Waals surface area contributed by atoms with Gasteiger partial charge in [0.05, 0.1) is 20.3 Å². The minimum Gasteiger partial charge on any atom is -0.481 e. The lowest BCUT2D eigenvalue weighted by molar-refractivity contribution is 0.122. The van der Waals surface area contributed by atoms with Gasteiger partial charge in [-0.15, -0.1) is 0 Å². The highest BCUT2D eigenvalue weighted by atomic mass is 16.5. The molecule has 0 aromatic carbocycles. The van der Waals surface area contributed by atoms with E-state index in [-0.39, 0.29) is 6.04 Å². The fourth-order valence-electron chi connectivity index (χ4n) is 3.23. The number of ether oxygens (including phenoxy) is 2. The van der Waals surface area contributed by atoms with E-state index in [2.05, 4.69) is 35.1 Å². The summed E-state index contributed by atoms with van der Waals surface area (Å²) in [5, 5.41) is 3.44. The Balaban J connectivity index is 1.39. The van der Waals surface area contributed by atoms with Crippen molar-refractivity contribution >= 4 is 17.7 Å². The number of nitrogens with zero attached hydrogens (tertiary/aromatic N) is 6. The first-order valence-electron chi connectivity index (χ1n) is 8.86. The Morgan fingerprint density at radius 3 is 2.77 bits per heavy atom. The number of anilines is 3. The van der Waals surface area contributed by atoms with E-state index in [4.69, 9.17) is 9.47 Å². The van der Waals surface area contributed by atoms with Gasteiger partial charge in [-0.05, 0) is 12.5 Å². The quantitative estimate of drug-likeness (QED) is 0.834. The lowest BCUT2D eigenvalue weighted by Crippen LogP contribution is -2.37. The van der Waals surface area contributed by atoms with Crippen molar-refractivity contribution < 1.29 is 9.47 Å². The summed E-state index contributed by atoms with van der Waals surface area (Å²) in [5.41, 5.74) is 0. The van der Waals surface area contributed by atoms with Gasteiger partial charge in [0.15, 0.2) is 0 Å². The largest absolute Gasteiger partial charge is 0.481 e. The number of hydrogen-bond acceptors (Lipinski definition) is 9. The molecule has 1 atom stereocenters. The highest BCUT2D eigenvalue weighted by Crippen LogP contribution is 2.21. The highest BCUT2D eigenvalue weighted by Gasteiger charge is 2.25. The van der Waals surface area contributed by atoms with Crippen LogP contribution in [0.25, 0.3) is 0 Å². The summed E-state index contributed by atoms with van der Waals surface area (Å²) in [6, 6.07) is 3.95. The van der Waals surface area contributed by atoms with E-state index in [1.54, 1.807) is 25.6 Å². The second-order valence-electron chi connectivity index (χ2n) is 6.31. The maximum atomic E-state index is 5.40. The van der Waals surface area contributed by atoms with E-state index in [0.717, 1.165) is 51.6 Å². The van der Waals surface area contributed by atoms with Crippen LogP contribution in [0.15, 0.2) is 24.5 Å². The molecule has 0 bridgehead atoms. The van der Waals surface area contributed by atoms with Crippen molar-refractivity contribution in [3.05, 3.63) is 24.5 Å². The van der Waals surface area contributed by atoms with Crippen molar-refractivity contribution in [2.45, 2.75) is 12.5 Å². The molecule has 1 unspecified atom stereocenters. The summed E-state index contributed by atoms with van der Waals surface area (Å²) in [4.78, 5) is 22.2. The highest BCUT2D eigenvalue weighted by molar-refractivity contribution is 5.44. The van der Waals surface area contributed by atoms with Gasteiger partial charge in [0.1, 0.15) is 5.82 Å². The summed E-state index contributed by atoms with van der Waals surface area (Å²) in [7, 11) is 1.61. The van der Waals surface area contributed by atoms with Crippen molar-refractivity contribution in [1.82, 2.24) is 19.9 Å². The molecule has 2 aliphatic rings. The number of aromatic nitrogens is 4. The Kier molecular flexibility index (Phi) is 4.96. The molecular weight excluding hydrogens is 334 g/mol. The van der Waals surface area contributed by atoms with Gasteiger partial charge in [-0.3, -0.25) is 0 Å². The van der Waals surface area contributed by atoms with Gasteiger partial charge in [0.2, 0.25) is 17.8 Å². The van der Waals surface area contributed by atoms with E-state index in [1.165, 1.54) is 0 Å². The van der Waals surface area contributed by atoms with Gasteiger partial charge in [0, 0.05) is 50.7 Å². The van der Waals surface area contributed by atoms with Crippen LogP contribution in [-0.4, -0.2) is 72.5 Å². The maximum absolute atomic E-state index is 5.40. The number of rotatable bonds is 5. The summed E-state index contributed by atoms with van der Waals surface area (Å²) in [6.45, 7) is 4.89. The van der Waals surface area contributed by atoms with Crippen molar-refractivity contribution in [3.8, 4) is 5.88 Å². The Labute approximate surface area is 152 Å². The first-order valence-corrected chi connectivity index (χ1v) is 8.86. The molecule has 4 rings (SSSR count). The molecule has 2 saturated heterocycles. The molecule has 2 aromatic heterocycles. The van der Waals surface area contributed by atoms with Gasteiger partial charge in [-0.25, -0.2) is 9.97 Å². The van der Waals surface area contributed by atoms with E-state index in [9.17, 15) is 0 Å². The Hall–Kier alpha value is -2.68. The summed E-state index contributed by atoms with van der Waals surface area (Å²) >= 11 is 0. The molecule has 0 radical (unpaired) electrons. The minimum atomic E-state index is 0.254. The topological polar surface area (TPSA) is 88.5 Å². The third-order valence-electron chi connectivity index (χ3n) is 4.61. The molecule has 26 heavy (non-hydrogen) atoms. The van der Waals surface area contributed by atoms with Gasteiger partial charge in [-0.1, -0.05) is 0 Å². The van der Waals surface area contributed by atoms with Crippen LogP contribution in [0.2, 0.25) is 0 Å². The standard InChI is InChI=1S/C17H23N7O2/c1-25-15-3-6-19-17(22-15)24-7-4-13(12-24)20-16-18-5-2-14(21-16)23-8-10-26-11-9-23/h2-3,5-6,13H,4,7-12H2,1H3,(H,18,20,21). The van der Waals surface area contributed by atoms with Gasteiger partial charge in [-0.2, -0.15) is 9.97 Å². The van der Waals surface area contributed by atoms with Crippen LogP contribution in [0.4, 0.5) is 17.7 Å². The predicted octanol–water partition coefficient (Wildman–Crippen LogP) is 0.803. The lowest BCUT2D eigenvalue weighted by atomic mass is 10.3. The molecular formula is C17H23N7O2. The van der Waals surface area contributed by atoms with Crippen molar-refractivity contribution in [1.29, 1.82) is 0 Å². The molecule has 138 valence electrons. The van der Waals surface area contributed by atoms with E-state index < -0.39 is 0 Å². The third kappa shape index (κ3) is 3.77. The van der Waals surface area contributed by atoms with Crippen molar-refractivity contribution in [2.75, 3.05) is 61.6 Å². The Morgan fingerprint density at radius 1 is 1.08 bits per heavy atom. The van der Waals surface area contributed by atoms with Crippen molar-refractivity contribution in [3.63, 3.8) is 0 Å². The van der Waals surface area contributed by atoms with Crippen LogP contribution in [0, 0.1) is 0 Å². The average molecular weight is 357 g/mol. The minimum absolute atomic E-state index is 0.254. The summed E-state index contributed by atoms with van der Waals surface area (Å²) in [6.07, 6.45) is 4.50. The molecule has 0 spiro atoms. The van der Waals surface area contributed by atoms with Crippen LogP contribution in [0.3, 0.4) is 0 Å². The first-order chi connectivity index (χ1) is 12.8. The zero-order valence-corrected chi connectivity index (χ0v) is 14.8. The molecule has 0 saturated carbocycles. The molecule has 2 fully saturated rings. The lowest BCUT2D eigenvalue weighted by Gasteiger charge is -2.28. The summed E-state index contributed by atoms with van der Waals surface area (Å²) < 4.78 is 10.6. The number of nitrogens with one attached hydrogen (secondary N) is 1. The molecule has 9 heteroatoms. The number of methoxy groups -OCH3 is 1. The van der Waals surface area contributed by atoms with E-state index in [1.807, 2.05) is 6.07 Å². The van der Waals surface area contributed by atoms with E-state index >= 15 is 0 Å². The second-order valence-corrected chi connectivity index (χ2v) is 6.31. The monoisotopic (exact) mass is 357 g/mol. The third-order valence-corrected chi connectivity index (χ3v) is 4.61. The second kappa shape index (κ2) is 7.69. The average Bonchev–Trinajstić information content (AvgIpc) is 3.17. The first kappa shape index (κ1) is 16.8. The zero-order valence-electron chi connectivity index (χ0n) is 14.8. The Bertz CT molecular complexity index is 739. The Morgan fingerprint density at radius 2 is 1.92 bits per heavy atom. The fourth-order valence-corrected chi connectivity index (χ4v) is 3.23. The number of hydrogen-bond donors (Lipinski definition) is 1. The maximum Gasteiger partial charge on any atom is 0.228 e.